The summed E-state index contributed by atoms with van der Waals surface area (Å²) < 4.78 is 18.9. The monoisotopic (exact) mass is 278 g/mol. The number of hydrogen-bond donors (Lipinski definition) is 2. The van der Waals surface area contributed by atoms with Gasteiger partial charge in [0.25, 0.3) is 0 Å². The Balaban J connectivity index is 2.03. The summed E-state index contributed by atoms with van der Waals surface area (Å²) in [6.07, 6.45) is 1.03. The van der Waals surface area contributed by atoms with Crippen LogP contribution < -0.4 is 10.6 Å². The molecule has 1 unspecified atom stereocenters. The van der Waals surface area contributed by atoms with Crippen molar-refractivity contribution in [2.45, 2.75) is 33.2 Å². The third-order valence-electron chi connectivity index (χ3n) is 2.93. The third-order valence-corrected chi connectivity index (χ3v) is 2.93. The summed E-state index contributed by atoms with van der Waals surface area (Å²) >= 11 is 0. The zero-order valence-electron chi connectivity index (χ0n) is 11.9. The summed E-state index contributed by atoms with van der Waals surface area (Å²) in [6, 6.07) is 5.11. The second kappa shape index (κ2) is 6.47. The van der Waals surface area contributed by atoms with Gasteiger partial charge in [-0.25, -0.2) is 4.39 Å². The maximum absolute atomic E-state index is 13.4. The number of nitrogens with zero attached hydrogens (tertiary/aromatic N) is 2. The predicted octanol–water partition coefficient (Wildman–Crippen LogP) is 3.32. The van der Waals surface area contributed by atoms with Crippen molar-refractivity contribution in [2.24, 2.45) is 0 Å². The van der Waals surface area contributed by atoms with Crippen LogP contribution in [0.1, 0.15) is 37.8 Å². The fourth-order valence-corrected chi connectivity index (χ4v) is 1.70. The van der Waals surface area contributed by atoms with Gasteiger partial charge in [-0.3, -0.25) is 0 Å². The number of benzene rings is 1. The van der Waals surface area contributed by atoms with Crippen LogP contribution in [0.15, 0.2) is 22.6 Å². The van der Waals surface area contributed by atoms with E-state index in [0.29, 0.717) is 17.1 Å². The maximum atomic E-state index is 13.4. The zero-order chi connectivity index (χ0) is 14.5. The molecule has 6 heteroatoms. The van der Waals surface area contributed by atoms with Gasteiger partial charge in [-0.2, -0.15) is 0 Å². The van der Waals surface area contributed by atoms with Gasteiger partial charge in [-0.15, -0.1) is 5.10 Å². The van der Waals surface area contributed by atoms with E-state index in [1.807, 2.05) is 6.92 Å². The molecule has 1 aromatic heterocycles. The second-order valence-electron chi connectivity index (χ2n) is 4.71. The van der Waals surface area contributed by atoms with Crippen LogP contribution in [0, 0.1) is 12.7 Å². The molecule has 0 bridgehead atoms. The van der Waals surface area contributed by atoms with Gasteiger partial charge in [-0.05, 0) is 44.5 Å². The van der Waals surface area contributed by atoms with Crippen molar-refractivity contribution in [1.82, 2.24) is 15.5 Å². The van der Waals surface area contributed by atoms with Crippen LogP contribution >= 0.6 is 0 Å². The molecule has 5 nitrogen and oxygen atoms in total. The van der Waals surface area contributed by atoms with E-state index >= 15 is 0 Å². The molecule has 2 N–H and O–H groups in total. The molecular weight excluding hydrogens is 259 g/mol. The minimum atomic E-state index is -0.271. The zero-order valence-corrected chi connectivity index (χ0v) is 11.9. The van der Waals surface area contributed by atoms with Crippen LogP contribution in [0.3, 0.4) is 0 Å². The molecule has 0 aliphatic heterocycles. The minimum absolute atomic E-state index is 0.00671. The van der Waals surface area contributed by atoms with Crippen molar-refractivity contribution < 1.29 is 8.81 Å². The normalized spacial score (nSPS) is 12.4. The van der Waals surface area contributed by atoms with Gasteiger partial charge < -0.3 is 15.1 Å². The van der Waals surface area contributed by atoms with Gasteiger partial charge in [0.2, 0.25) is 5.89 Å². The van der Waals surface area contributed by atoms with Gasteiger partial charge in [0, 0.05) is 5.69 Å². The lowest BCUT2D eigenvalue weighted by atomic mass is 10.2. The summed E-state index contributed by atoms with van der Waals surface area (Å²) in [4.78, 5) is 0. The van der Waals surface area contributed by atoms with E-state index in [4.69, 9.17) is 4.42 Å². The number of aryl methyl sites for hydroxylation is 1. The number of nitrogens with one attached hydrogen (secondary N) is 2. The van der Waals surface area contributed by atoms with E-state index in [2.05, 4.69) is 27.8 Å². The Bertz CT molecular complexity index is 570. The lowest BCUT2D eigenvalue weighted by molar-refractivity contribution is 0.424. The Labute approximate surface area is 117 Å². The Hall–Kier alpha value is -1.95. The van der Waals surface area contributed by atoms with Crippen LogP contribution in [0.2, 0.25) is 0 Å². The molecule has 20 heavy (non-hydrogen) atoms. The average molecular weight is 278 g/mol. The SMILES string of the molecule is CCCNC(C)c1nnc(Nc2ccc(C)c(F)c2)o1. The Morgan fingerprint density at radius 1 is 1.35 bits per heavy atom. The molecule has 0 saturated heterocycles. The first kappa shape index (κ1) is 14.5. The molecule has 0 fully saturated rings. The minimum Gasteiger partial charge on any atom is -0.406 e. The van der Waals surface area contributed by atoms with E-state index in [9.17, 15) is 4.39 Å². The van der Waals surface area contributed by atoms with Crippen molar-refractivity contribution in [3.05, 3.63) is 35.5 Å². The van der Waals surface area contributed by atoms with Crippen LogP contribution in [-0.4, -0.2) is 16.7 Å². The first-order valence-electron chi connectivity index (χ1n) is 6.70. The smallest absolute Gasteiger partial charge is 0.320 e. The second-order valence-corrected chi connectivity index (χ2v) is 4.71. The number of rotatable bonds is 6. The van der Waals surface area contributed by atoms with E-state index < -0.39 is 0 Å². The highest BCUT2D eigenvalue weighted by atomic mass is 19.1. The lowest BCUT2D eigenvalue weighted by Gasteiger charge is -2.07. The Kier molecular flexibility index (Phi) is 4.68. The summed E-state index contributed by atoms with van der Waals surface area (Å²) in [5.74, 6) is 0.237. The quantitative estimate of drug-likeness (QED) is 0.848. The molecular formula is C14H19FN4O. The van der Waals surface area contributed by atoms with E-state index in [0.717, 1.165) is 13.0 Å². The summed E-state index contributed by atoms with van der Waals surface area (Å²) in [5, 5.41) is 14.0. The van der Waals surface area contributed by atoms with Crippen LogP contribution in [0.25, 0.3) is 0 Å². The van der Waals surface area contributed by atoms with Gasteiger partial charge >= 0.3 is 6.01 Å². The largest absolute Gasteiger partial charge is 0.406 e. The van der Waals surface area contributed by atoms with Crippen molar-refractivity contribution in [3.8, 4) is 0 Å². The van der Waals surface area contributed by atoms with E-state index in [-0.39, 0.29) is 17.9 Å². The highest BCUT2D eigenvalue weighted by Gasteiger charge is 2.13. The van der Waals surface area contributed by atoms with Crippen molar-refractivity contribution in [3.63, 3.8) is 0 Å². The fourth-order valence-electron chi connectivity index (χ4n) is 1.70. The highest BCUT2D eigenvalue weighted by Crippen LogP contribution is 2.20. The van der Waals surface area contributed by atoms with E-state index in [1.54, 1.807) is 19.1 Å². The summed E-state index contributed by atoms with van der Waals surface area (Å²) in [6.45, 7) is 6.64. The predicted molar refractivity (Wildman–Crippen MR) is 75.4 cm³/mol. The molecule has 1 heterocycles. The molecule has 0 aliphatic rings. The molecule has 0 saturated carbocycles. The Morgan fingerprint density at radius 2 is 2.15 bits per heavy atom. The first-order chi connectivity index (χ1) is 9.60. The molecule has 0 radical (unpaired) electrons. The number of hydrogen-bond acceptors (Lipinski definition) is 5. The molecule has 0 amide bonds. The number of anilines is 2. The molecule has 1 atom stereocenters. The molecule has 0 spiro atoms. The Morgan fingerprint density at radius 3 is 2.85 bits per heavy atom. The molecule has 2 aromatic rings. The van der Waals surface area contributed by atoms with Gasteiger partial charge in [-0.1, -0.05) is 18.1 Å². The van der Waals surface area contributed by atoms with Crippen LogP contribution in [0.4, 0.5) is 16.1 Å². The number of halogens is 1. The lowest BCUT2D eigenvalue weighted by Crippen LogP contribution is -2.19. The molecule has 2 rings (SSSR count). The summed E-state index contributed by atoms with van der Waals surface area (Å²) in [5.41, 5.74) is 1.18. The number of aromatic nitrogens is 2. The molecule has 108 valence electrons. The fraction of sp³-hybridized carbons (Fsp3) is 0.429. The molecule has 1 aromatic carbocycles. The topological polar surface area (TPSA) is 63.0 Å². The highest BCUT2D eigenvalue weighted by molar-refractivity contribution is 5.52. The average Bonchev–Trinajstić information content (AvgIpc) is 2.89. The van der Waals surface area contributed by atoms with Gasteiger partial charge in [0.1, 0.15) is 5.82 Å². The first-order valence-corrected chi connectivity index (χ1v) is 6.70. The van der Waals surface area contributed by atoms with Gasteiger partial charge in [0.15, 0.2) is 0 Å². The van der Waals surface area contributed by atoms with Crippen molar-refractivity contribution in [1.29, 1.82) is 0 Å². The van der Waals surface area contributed by atoms with Crippen LogP contribution in [-0.2, 0) is 0 Å². The standard InChI is InChI=1S/C14H19FN4O/c1-4-7-16-10(3)13-18-19-14(20-13)17-11-6-5-9(2)12(15)8-11/h5-6,8,10,16H,4,7H2,1-3H3,(H,17,19). The van der Waals surface area contributed by atoms with E-state index in [1.165, 1.54) is 6.07 Å². The third kappa shape index (κ3) is 3.54. The van der Waals surface area contributed by atoms with Gasteiger partial charge in [0.05, 0.1) is 6.04 Å². The van der Waals surface area contributed by atoms with Crippen LogP contribution in [0.5, 0.6) is 0 Å². The molecule has 0 aliphatic carbocycles. The maximum Gasteiger partial charge on any atom is 0.320 e. The summed E-state index contributed by atoms with van der Waals surface area (Å²) in [7, 11) is 0. The van der Waals surface area contributed by atoms with Crippen molar-refractivity contribution >= 4 is 11.7 Å². The van der Waals surface area contributed by atoms with Crippen molar-refractivity contribution in [2.75, 3.05) is 11.9 Å².